The Hall–Kier alpha value is -2.35. The fourth-order valence-corrected chi connectivity index (χ4v) is 1.50. The van der Waals surface area contributed by atoms with Crippen LogP contribution in [0.4, 0.5) is 0 Å². The first-order valence-electron chi connectivity index (χ1n) is 4.20. The number of nitrogen functional groups attached to an aromatic ring is 1. The van der Waals surface area contributed by atoms with E-state index in [1.807, 2.05) is 0 Å². The summed E-state index contributed by atoms with van der Waals surface area (Å²) in [5, 5.41) is 0. The van der Waals surface area contributed by atoms with Crippen LogP contribution in [0.25, 0.3) is 16.9 Å². The minimum atomic E-state index is -0.231. The number of nitrogens with zero attached hydrogens (tertiary/aromatic N) is 4. The Bertz CT molecular complexity index is 690. The Morgan fingerprint density at radius 3 is 3.13 bits per heavy atom. The Morgan fingerprint density at radius 1 is 1.47 bits per heavy atom. The summed E-state index contributed by atoms with van der Waals surface area (Å²) in [6.07, 6.45) is 4.52. The maximum absolute atomic E-state index is 11.8. The molecule has 0 aliphatic rings. The van der Waals surface area contributed by atoms with Crippen molar-refractivity contribution in [2.24, 2.45) is 5.84 Å². The van der Waals surface area contributed by atoms with Crippen LogP contribution >= 0.6 is 0 Å². The maximum atomic E-state index is 11.8. The van der Waals surface area contributed by atoms with Gasteiger partial charge in [-0.15, -0.1) is 0 Å². The van der Waals surface area contributed by atoms with E-state index in [1.165, 1.54) is 21.6 Å². The second-order valence-corrected chi connectivity index (χ2v) is 2.99. The first kappa shape index (κ1) is 8.00. The van der Waals surface area contributed by atoms with E-state index in [9.17, 15) is 4.79 Å². The third-order valence-electron chi connectivity index (χ3n) is 2.20. The molecular weight excluding hydrogens is 198 g/mol. The fourth-order valence-electron chi connectivity index (χ4n) is 1.50. The van der Waals surface area contributed by atoms with Gasteiger partial charge in [-0.3, -0.25) is 10.3 Å². The summed E-state index contributed by atoms with van der Waals surface area (Å²) in [6.45, 7) is 0. The predicted octanol–water partition coefficient (Wildman–Crippen LogP) is -1.21. The van der Waals surface area contributed by atoms with E-state index in [0.29, 0.717) is 16.9 Å². The maximum Gasteiger partial charge on any atom is 0.287 e. The number of nitrogens with two attached hydrogens (primary N) is 1. The molecule has 0 radical (unpaired) electrons. The van der Waals surface area contributed by atoms with Crippen molar-refractivity contribution in [3.8, 4) is 0 Å². The molecule has 3 heterocycles. The molecule has 76 valence electrons. The van der Waals surface area contributed by atoms with Crippen LogP contribution in [0.1, 0.15) is 0 Å². The highest BCUT2D eigenvalue weighted by Gasteiger charge is 2.09. The number of hydrogen-bond donors (Lipinski definition) is 3. The second-order valence-electron chi connectivity index (χ2n) is 2.99. The molecule has 0 aliphatic carbocycles. The van der Waals surface area contributed by atoms with Crippen molar-refractivity contribution in [3.63, 3.8) is 0 Å². The molecule has 0 spiro atoms. The standard InChI is InChI=1S/C7H7N7O/c8-12-14-3-10-4-5(14)11-7-9-1-2-13(7)6(4)15/h1-3,12H,8H2,(H,9,11). The summed E-state index contributed by atoms with van der Waals surface area (Å²) in [5.41, 5.74) is 2.94. The van der Waals surface area contributed by atoms with Gasteiger partial charge in [0.25, 0.3) is 5.56 Å². The molecule has 3 aromatic rings. The molecule has 4 N–H and O–H groups in total. The summed E-state index contributed by atoms with van der Waals surface area (Å²) in [5.74, 6) is 5.70. The highest BCUT2D eigenvalue weighted by atomic mass is 16.1. The number of H-pyrrole nitrogens is 1. The number of hydrogen-bond acceptors (Lipinski definition) is 5. The average Bonchev–Trinajstić information content (AvgIpc) is 2.83. The van der Waals surface area contributed by atoms with Gasteiger partial charge in [0.2, 0.25) is 5.78 Å². The summed E-state index contributed by atoms with van der Waals surface area (Å²) in [4.78, 5) is 22.7. The van der Waals surface area contributed by atoms with Crippen molar-refractivity contribution in [2.45, 2.75) is 0 Å². The number of aromatic nitrogens is 5. The number of imidazole rings is 2. The van der Waals surface area contributed by atoms with E-state index >= 15 is 0 Å². The third-order valence-corrected chi connectivity index (χ3v) is 2.20. The largest absolute Gasteiger partial charge is 0.308 e. The van der Waals surface area contributed by atoms with Gasteiger partial charge in [0.05, 0.1) is 0 Å². The fraction of sp³-hybridized carbons (Fsp3) is 0. The SMILES string of the molecule is NNn1cnc2c(=O)n3ccnc3[nH]c21. The molecule has 0 amide bonds. The molecule has 0 saturated carbocycles. The van der Waals surface area contributed by atoms with Crippen LogP contribution in [0.5, 0.6) is 0 Å². The van der Waals surface area contributed by atoms with Gasteiger partial charge in [-0.1, -0.05) is 0 Å². The first-order chi connectivity index (χ1) is 7.31. The van der Waals surface area contributed by atoms with Crippen molar-refractivity contribution in [1.29, 1.82) is 0 Å². The van der Waals surface area contributed by atoms with Gasteiger partial charge in [-0.2, -0.15) is 0 Å². The van der Waals surface area contributed by atoms with Gasteiger partial charge >= 0.3 is 0 Å². The monoisotopic (exact) mass is 205 g/mol. The van der Waals surface area contributed by atoms with Crippen molar-refractivity contribution in [2.75, 3.05) is 5.53 Å². The van der Waals surface area contributed by atoms with Crippen molar-refractivity contribution < 1.29 is 0 Å². The minimum absolute atomic E-state index is 0.231. The van der Waals surface area contributed by atoms with Gasteiger partial charge in [0, 0.05) is 12.4 Å². The Morgan fingerprint density at radius 2 is 2.33 bits per heavy atom. The number of rotatable bonds is 1. The van der Waals surface area contributed by atoms with Gasteiger partial charge in [0.1, 0.15) is 6.33 Å². The van der Waals surface area contributed by atoms with Crippen LogP contribution in [-0.4, -0.2) is 24.0 Å². The molecule has 0 saturated heterocycles. The van der Waals surface area contributed by atoms with Crippen LogP contribution in [0.3, 0.4) is 0 Å². The minimum Gasteiger partial charge on any atom is -0.308 e. The highest BCUT2D eigenvalue weighted by molar-refractivity contribution is 5.71. The van der Waals surface area contributed by atoms with Crippen molar-refractivity contribution in [1.82, 2.24) is 24.0 Å². The normalized spacial score (nSPS) is 11.3. The van der Waals surface area contributed by atoms with E-state index in [1.54, 1.807) is 6.20 Å². The van der Waals surface area contributed by atoms with Gasteiger partial charge in [-0.05, 0) is 0 Å². The number of aromatic amines is 1. The zero-order valence-electron chi connectivity index (χ0n) is 7.51. The number of nitrogens with one attached hydrogen (secondary N) is 2. The van der Waals surface area contributed by atoms with E-state index in [-0.39, 0.29) is 5.56 Å². The lowest BCUT2D eigenvalue weighted by atomic mass is 10.5. The summed E-state index contributed by atoms with van der Waals surface area (Å²) < 4.78 is 2.79. The molecule has 0 aromatic carbocycles. The lowest BCUT2D eigenvalue weighted by Gasteiger charge is -2.00. The van der Waals surface area contributed by atoms with Gasteiger partial charge in [-0.25, -0.2) is 24.9 Å². The van der Waals surface area contributed by atoms with Crippen molar-refractivity contribution >= 4 is 16.9 Å². The zero-order valence-corrected chi connectivity index (χ0v) is 7.51. The molecule has 8 heteroatoms. The van der Waals surface area contributed by atoms with Crippen LogP contribution in [0.2, 0.25) is 0 Å². The first-order valence-corrected chi connectivity index (χ1v) is 4.20. The van der Waals surface area contributed by atoms with E-state index in [0.717, 1.165) is 0 Å². The van der Waals surface area contributed by atoms with Gasteiger partial charge < -0.3 is 4.98 Å². The molecule has 0 atom stereocenters. The second kappa shape index (κ2) is 2.58. The summed E-state index contributed by atoms with van der Waals surface area (Å²) in [7, 11) is 0. The summed E-state index contributed by atoms with van der Waals surface area (Å²) >= 11 is 0. The predicted molar refractivity (Wildman–Crippen MR) is 52.7 cm³/mol. The smallest absolute Gasteiger partial charge is 0.287 e. The van der Waals surface area contributed by atoms with Crippen molar-refractivity contribution in [3.05, 3.63) is 29.1 Å². The Labute approximate surface area is 82.3 Å². The molecule has 8 nitrogen and oxygen atoms in total. The molecule has 0 fully saturated rings. The molecule has 3 aromatic heterocycles. The quantitative estimate of drug-likeness (QED) is 0.341. The molecule has 3 rings (SSSR count). The lowest BCUT2D eigenvalue weighted by molar-refractivity contribution is 0.893. The van der Waals surface area contributed by atoms with Crippen LogP contribution in [0, 0.1) is 0 Å². The Balaban J connectivity index is 2.60. The van der Waals surface area contributed by atoms with Crippen LogP contribution < -0.4 is 16.9 Å². The van der Waals surface area contributed by atoms with E-state index < -0.39 is 0 Å². The van der Waals surface area contributed by atoms with E-state index in [2.05, 4.69) is 20.5 Å². The van der Waals surface area contributed by atoms with Crippen LogP contribution in [0.15, 0.2) is 23.5 Å². The molecule has 15 heavy (non-hydrogen) atoms. The topological polar surface area (TPSA) is 106 Å². The van der Waals surface area contributed by atoms with Gasteiger partial charge in [0.15, 0.2) is 11.2 Å². The lowest BCUT2D eigenvalue weighted by Crippen LogP contribution is -2.22. The number of hydrazine groups is 1. The third kappa shape index (κ3) is 0.904. The number of fused-ring (bicyclic) bond motifs is 2. The van der Waals surface area contributed by atoms with Crippen LogP contribution in [-0.2, 0) is 0 Å². The molecular formula is C7H7N7O. The molecule has 0 bridgehead atoms. The zero-order chi connectivity index (χ0) is 10.4. The molecule has 0 aliphatic heterocycles. The molecule has 0 unspecified atom stereocenters. The highest BCUT2D eigenvalue weighted by Crippen LogP contribution is 2.04. The summed E-state index contributed by atoms with van der Waals surface area (Å²) in [6, 6.07) is 0. The van der Waals surface area contributed by atoms with E-state index in [4.69, 9.17) is 5.84 Å². The Kier molecular flexibility index (Phi) is 1.37. The average molecular weight is 205 g/mol.